The molecule has 28 heavy (non-hydrogen) atoms. The molecule has 2 fully saturated rings. The molecule has 11 nitrogen and oxygen atoms in total. The second-order valence-electron chi connectivity index (χ2n) is 6.48. The summed E-state index contributed by atoms with van der Waals surface area (Å²) in [4.78, 5) is 26.5. The Bertz CT molecular complexity index is 963. The molecule has 154 valence electrons. The highest BCUT2D eigenvalue weighted by Crippen LogP contribution is 2.54. The lowest BCUT2D eigenvalue weighted by atomic mass is 10.0. The number of nitrogens with two attached hydrogens (primary N) is 1. The molecule has 0 amide bonds. The summed E-state index contributed by atoms with van der Waals surface area (Å²) >= 11 is 0. The molecule has 2 aliphatic heterocycles. The van der Waals surface area contributed by atoms with Gasteiger partial charge in [-0.3, -0.25) is 23.4 Å². The molecule has 5 unspecified atom stereocenters. The Morgan fingerprint density at radius 3 is 2.86 bits per heavy atom. The number of methoxy groups -OCH3 is 1. The van der Waals surface area contributed by atoms with Crippen molar-refractivity contribution in [2.45, 2.75) is 24.0 Å². The molecular formula is C16H22N3O8P. The third kappa shape index (κ3) is 3.73. The first-order valence-corrected chi connectivity index (χ1v) is 10.4. The van der Waals surface area contributed by atoms with Gasteiger partial charge in [-0.15, -0.1) is 0 Å². The maximum Gasteiger partial charge on any atom is 0.330 e. The minimum atomic E-state index is -3.38. The standard InChI is InChI=1S/C16H22N3O8P/c1-23-8-16-9-25-11(12(16)27-28(3,22)24-2)14(26-16)19-7-10(5-4-6-17)13(20)18-15(19)21/h7,11-12,14H,6,8-9,17H2,1-3H3,(H,18,20,21). The van der Waals surface area contributed by atoms with Gasteiger partial charge >= 0.3 is 13.3 Å². The normalized spacial score (nSPS) is 30.6. The van der Waals surface area contributed by atoms with E-state index in [9.17, 15) is 14.2 Å². The first kappa shape index (κ1) is 21.0. The van der Waals surface area contributed by atoms with E-state index in [2.05, 4.69) is 16.8 Å². The molecular weight excluding hydrogens is 393 g/mol. The number of rotatable bonds is 6. The smallest absolute Gasteiger partial charge is 0.330 e. The van der Waals surface area contributed by atoms with Crippen molar-refractivity contribution >= 4 is 7.60 Å². The van der Waals surface area contributed by atoms with E-state index in [4.69, 9.17) is 29.0 Å². The second-order valence-corrected chi connectivity index (χ2v) is 8.60. The number of aromatic amines is 1. The van der Waals surface area contributed by atoms with E-state index in [0.717, 1.165) is 4.57 Å². The van der Waals surface area contributed by atoms with Gasteiger partial charge in [0.05, 0.1) is 19.8 Å². The average Bonchev–Trinajstić information content (AvgIpc) is 3.12. The van der Waals surface area contributed by atoms with E-state index in [1.165, 1.54) is 27.1 Å². The van der Waals surface area contributed by atoms with Crippen molar-refractivity contribution in [3.8, 4) is 11.8 Å². The number of H-pyrrole nitrogens is 1. The number of nitrogens with zero attached hydrogens (tertiary/aromatic N) is 1. The van der Waals surface area contributed by atoms with Crippen molar-refractivity contribution in [1.29, 1.82) is 0 Å². The van der Waals surface area contributed by atoms with Gasteiger partial charge in [0.15, 0.2) is 6.23 Å². The van der Waals surface area contributed by atoms with Gasteiger partial charge in [-0.05, 0) is 0 Å². The first-order valence-electron chi connectivity index (χ1n) is 8.41. The van der Waals surface area contributed by atoms with E-state index in [1.807, 2.05) is 0 Å². The lowest BCUT2D eigenvalue weighted by Gasteiger charge is -2.31. The molecule has 0 aromatic carbocycles. The summed E-state index contributed by atoms with van der Waals surface area (Å²) in [6.45, 7) is 1.58. The number of hydrogen-bond acceptors (Lipinski definition) is 9. The van der Waals surface area contributed by atoms with E-state index in [0.29, 0.717) is 0 Å². The van der Waals surface area contributed by atoms with Crippen molar-refractivity contribution in [2.24, 2.45) is 5.73 Å². The lowest BCUT2D eigenvalue weighted by molar-refractivity contribution is -0.190. The van der Waals surface area contributed by atoms with Crippen LogP contribution in [0.15, 0.2) is 15.8 Å². The van der Waals surface area contributed by atoms with Crippen molar-refractivity contribution < 1.29 is 27.8 Å². The maximum absolute atomic E-state index is 12.4. The van der Waals surface area contributed by atoms with E-state index in [1.54, 1.807) is 0 Å². The molecule has 1 aromatic rings. The van der Waals surface area contributed by atoms with Gasteiger partial charge in [-0.25, -0.2) is 4.79 Å². The second kappa shape index (κ2) is 7.93. The van der Waals surface area contributed by atoms with Gasteiger partial charge in [0.1, 0.15) is 23.4 Å². The van der Waals surface area contributed by atoms with Crippen LogP contribution in [0.3, 0.4) is 0 Å². The van der Waals surface area contributed by atoms with Crippen molar-refractivity contribution in [1.82, 2.24) is 9.55 Å². The van der Waals surface area contributed by atoms with Crippen LogP contribution < -0.4 is 17.0 Å². The van der Waals surface area contributed by atoms with Gasteiger partial charge in [0.25, 0.3) is 5.56 Å². The van der Waals surface area contributed by atoms with Gasteiger partial charge < -0.3 is 24.5 Å². The van der Waals surface area contributed by atoms with Crippen LogP contribution in [0, 0.1) is 11.8 Å². The van der Waals surface area contributed by atoms with E-state index < -0.39 is 42.9 Å². The van der Waals surface area contributed by atoms with E-state index >= 15 is 0 Å². The van der Waals surface area contributed by atoms with Gasteiger partial charge in [-0.1, -0.05) is 11.8 Å². The monoisotopic (exact) mass is 415 g/mol. The molecule has 3 rings (SSSR count). The quantitative estimate of drug-likeness (QED) is 0.442. The third-order valence-electron chi connectivity index (χ3n) is 4.57. The number of hydrogen-bond donors (Lipinski definition) is 2. The molecule has 2 bridgehead atoms. The number of aromatic nitrogens is 2. The van der Waals surface area contributed by atoms with Crippen LogP contribution in [0.4, 0.5) is 0 Å². The summed E-state index contributed by atoms with van der Waals surface area (Å²) in [6.07, 6.45) is -1.27. The largest absolute Gasteiger partial charge is 0.381 e. The summed E-state index contributed by atoms with van der Waals surface area (Å²) in [7, 11) is -0.634. The topological polar surface area (TPSA) is 144 Å². The Morgan fingerprint density at radius 1 is 1.46 bits per heavy atom. The summed E-state index contributed by atoms with van der Waals surface area (Å²) in [5.41, 5.74) is 2.96. The molecule has 0 spiro atoms. The fourth-order valence-corrected chi connectivity index (χ4v) is 4.09. The van der Waals surface area contributed by atoms with Crippen LogP contribution in [0.2, 0.25) is 0 Å². The predicted molar refractivity (Wildman–Crippen MR) is 97.1 cm³/mol. The molecule has 2 aliphatic rings. The molecule has 12 heteroatoms. The Morgan fingerprint density at radius 2 is 2.21 bits per heavy atom. The van der Waals surface area contributed by atoms with Crippen LogP contribution in [-0.2, 0) is 27.8 Å². The molecule has 0 radical (unpaired) electrons. The molecule has 3 heterocycles. The SMILES string of the molecule is COCC12COC(C(n3cc(C#CCN)c(=O)[nH]c3=O)O1)C2OP(C)(=O)OC. The van der Waals surface area contributed by atoms with Crippen LogP contribution >= 0.6 is 7.60 Å². The Kier molecular flexibility index (Phi) is 5.93. The van der Waals surface area contributed by atoms with Gasteiger partial charge in [0, 0.05) is 27.1 Å². The summed E-state index contributed by atoms with van der Waals surface area (Å²) in [5.74, 6) is 5.17. The fourth-order valence-electron chi connectivity index (χ4n) is 3.28. The zero-order valence-corrected chi connectivity index (χ0v) is 16.6. The summed E-state index contributed by atoms with van der Waals surface area (Å²) in [5, 5.41) is 0. The summed E-state index contributed by atoms with van der Waals surface area (Å²) in [6, 6.07) is 0. The highest BCUT2D eigenvalue weighted by Gasteiger charge is 2.64. The number of ether oxygens (including phenoxy) is 3. The van der Waals surface area contributed by atoms with Crippen molar-refractivity contribution in [3.05, 3.63) is 32.6 Å². The number of nitrogens with one attached hydrogen (secondary N) is 1. The lowest BCUT2D eigenvalue weighted by Crippen LogP contribution is -2.46. The van der Waals surface area contributed by atoms with E-state index in [-0.39, 0.29) is 25.3 Å². The summed E-state index contributed by atoms with van der Waals surface area (Å²) < 4.78 is 41.2. The third-order valence-corrected chi connectivity index (χ3v) is 5.84. The highest BCUT2D eigenvalue weighted by molar-refractivity contribution is 7.52. The molecule has 2 saturated heterocycles. The van der Waals surface area contributed by atoms with Gasteiger partial charge in [-0.2, -0.15) is 0 Å². The van der Waals surface area contributed by atoms with Crippen molar-refractivity contribution in [3.63, 3.8) is 0 Å². The molecule has 5 atom stereocenters. The Hall–Kier alpha value is -1.77. The van der Waals surface area contributed by atoms with Crippen LogP contribution in [-0.4, -0.2) is 68.0 Å². The van der Waals surface area contributed by atoms with Crippen LogP contribution in [0.25, 0.3) is 0 Å². The zero-order chi connectivity index (χ0) is 20.5. The Labute approximate surface area is 160 Å². The molecule has 0 saturated carbocycles. The first-order chi connectivity index (χ1) is 13.3. The zero-order valence-electron chi connectivity index (χ0n) is 15.7. The van der Waals surface area contributed by atoms with Gasteiger partial charge in [0.2, 0.25) is 0 Å². The average molecular weight is 415 g/mol. The van der Waals surface area contributed by atoms with Crippen molar-refractivity contribution in [2.75, 3.05) is 40.6 Å². The highest BCUT2D eigenvalue weighted by atomic mass is 31.2. The molecule has 1 aromatic heterocycles. The molecule has 3 N–H and O–H groups in total. The number of fused-ring (bicyclic) bond motifs is 2. The molecule has 0 aliphatic carbocycles. The fraction of sp³-hybridized carbons (Fsp3) is 0.625. The minimum Gasteiger partial charge on any atom is -0.381 e. The van der Waals surface area contributed by atoms with Crippen LogP contribution in [0.5, 0.6) is 0 Å². The minimum absolute atomic E-state index is 0.0488. The van der Waals surface area contributed by atoms with Crippen LogP contribution in [0.1, 0.15) is 11.8 Å². The Balaban J connectivity index is 2.02. The maximum atomic E-state index is 12.4. The predicted octanol–water partition coefficient (Wildman–Crippen LogP) is -0.986.